The van der Waals surface area contributed by atoms with Crippen LogP contribution < -0.4 is 0 Å². The molecule has 1 saturated carbocycles. The number of hydrogen-bond donors (Lipinski definition) is 1. The van der Waals surface area contributed by atoms with Crippen LogP contribution in [0.25, 0.3) is 0 Å². The minimum absolute atomic E-state index is 0.0914. The second-order valence-corrected chi connectivity index (χ2v) is 7.96. The summed E-state index contributed by atoms with van der Waals surface area (Å²) < 4.78 is 17.8. The normalized spacial score (nSPS) is 18.9. The van der Waals surface area contributed by atoms with Gasteiger partial charge in [0.25, 0.3) is 5.34 Å². The third-order valence-electron chi connectivity index (χ3n) is 3.77. The van der Waals surface area contributed by atoms with E-state index in [0.29, 0.717) is 12.5 Å². The first kappa shape index (κ1) is 17.3. The van der Waals surface area contributed by atoms with Gasteiger partial charge in [0.1, 0.15) is 0 Å². The largest absolute Gasteiger partial charge is 0.478 e. The van der Waals surface area contributed by atoms with Crippen LogP contribution in [0.15, 0.2) is 11.6 Å². The van der Waals surface area contributed by atoms with E-state index in [2.05, 4.69) is 0 Å². The number of carbonyl (C=O) groups is 1. The van der Waals surface area contributed by atoms with E-state index < -0.39 is 19.1 Å². The van der Waals surface area contributed by atoms with Crippen LogP contribution in [0.2, 0.25) is 0 Å². The minimum atomic E-state index is -1.75. The van der Waals surface area contributed by atoms with Crippen LogP contribution in [-0.2, 0) is 14.1 Å². The van der Waals surface area contributed by atoms with Gasteiger partial charge < -0.3 is 9.84 Å². The van der Waals surface area contributed by atoms with Gasteiger partial charge in [0.05, 0.1) is 5.57 Å². The van der Waals surface area contributed by atoms with E-state index in [1.165, 1.54) is 6.42 Å². The van der Waals surface area contributed by atoms with Gasteiger partial charge in [-0.1, -0.05) is 29.9 Å². The zero-order valence-corrected chi connectivity index (χ0v) is 13.6. The topological polar surface area (TPSA) is 63.6 Å². The Morgan fingerprint density at radius 2 is 1.95 bits per heavy atom. The molecular weight excluding hydrogens is 275 g/mol. The van der Waals surface area contributed by atoms with Crippen molar-refractivity contribution in [3.63, 3.8) is 0 Å². The highest BCUT2D eigenvalue weighted by Crippen LogP contribution is 2.41. The van der Waals surface area contributed by atoms with Gasteiger partial charge in [-0.2, -0.15) is 0 Å². The van der Waals surface area contributed by atoms with Crippen LogP contribution in [0.5, 0.6) is 0 Å². The Kier molecular flexibility index (Phi) is 6.84. The van der Waals surface area contributed by atoms with Gasteiger partial charge in [-0.25, -0.2) is 4.79 Å². The van der Waals surface area contributed by atoms with Gasteiger partial charge in [0.15, 0.2) is 6.16 Å². The summed E-state index contributed by atoms with van der Waals surface area (Å²) in [6.07, 6.45) is 7.56. The zero-order chi connectivity index (χ0) is 15.2. The number of allylic oxidation sites excluding steroid dienone is 1. The molecular formula is C15H26O4P+. The summed E-state index contributed by atoms with van der Waals surface area (Å²) in [5.41, 5.74) is 0.283. The summed E-state index contributed by atoms with van der Waals surface area (Å²) in [7, 11) is -1.75. The predicted molar refractivity (Wildman–Crippen MR) is 80.5 cm³/mol. The molecule has 1 atom stereocenters. The Bertz CT molecular complexity index is 381. The SMILES string of the molecule is CCOC(C)(C)[P+](=O)CC(=CC1CCCCC1)C(=O)O. The number of hydrogen-bond acceptors (Lipinski definition) is 3. The first-order valence-corrected chi connectivity index (χ1v) is 8.84. The van der Waals surface area contributed by atoms with Crippen molar-refractivity contribution >= 4 is 13.8 Å². The Balaban J connectivity index is 2.74. The monoisotopic (exact) mass is 301 g/mol. The molecule has 0 amide bonds. The van der Waals surface area contributed by atoms with Crippen molar-refractivity contribution in [3.05, 3.63) is 11.6 Å². The van der Waals surface area contributed by atoms with E-state index in [9.17, 15) is 14.5 Å². The van der Waals surface area contributed by atoms with Crippen molar-refractivity contribution in [1.82, 2.24) is 0 Å². The second-order valence-electron chi connectivity index (χ2n) is 5.81. The lowest BCUT2D eigenvalue weighted by molar-refractivity contribution is -0.132. The fourth-order valence-corrected chi connectivity index (χ4v) is 3.75. The van der Waals surface area contributed by atoms with Crippen molar-refractivity contribution in [3.8, 4) is 0 Å². The van der Waals surface area contributed by atoms with Gasteiger partial charge in [-0.15, -0.1) is 0 Å². The maximum absolute atomic E-state index is 12.3. The lowest BCUT2D eigenvalue weighted by atomic mass is 9.88. The van der Waals surface area contributed by atoms with Gasteiger partial charge in [-0.3, -0.25) is 0 Å². The summed E-state index contributed by atoms with van der Waals surface area (Å²) in [5.74, 6) is -0.625. The van der Waals surface area contributed by atoms with Crippen molar-refractivity contribution in [2.45, 2.75) is 58.2 Å². The highest BCUT2D eigenvalue weighted by molar-refractivity contribution is 7.46. The van der Waals surface area contributed by atoms with Crippen LogP contribution in [-0.4, -0.2) is 29.2 Å². The van der Waals surface area contributed by atoms with Crippen LogP contribution in [0, 0.1) is 5.92 Å². The number of carboxylic acid groups (broad SMARTS) is 1. The van der Waals surface area contributed by atoms with Crippen LogP contribution >= 0.6 is 7.80 Å². The fraction of sp³-hybridized carbons (Fsp3) is 0.800. The lowest BCUT2D eigenvalue weighted by Crippen LogP contribution is -2.22. The summed E-state index contributed by atoms with van der Waals surface area (Å²) >= 11 is 0. The van der Waals surface area contributed by atoms with Crippen molar-refractivity contribution < 1.29 is 19.2 Å². The molecule has 0 saturated heterocycles. The molecule has 0 spiro atoms. The molecule has 0 heterocycles. The summed E-state index contributed by atoms with van der Waals surface area (Å²) in [5, 5.41) is 8.54. The quantitative estimate of drug-likeness (QED) is 0.566. The van der Waals surface area contributed by atoms with Crippen LogP contribution in [0.1, 0.15) is 52.9 Å². The van der Waals surface area contributed by atoms with E-state index in [0.717, 1.165) is 25.7 Å². The molecule has 1 unspecified atom stereocenters. The maximum atomic E-state index is 12.3. The molecule has 1 aliphatic carbocycles. The standard InChI is InChI=1S/C15H25O4P/c1-4-19-15(2,3)20(18)11-13(14(16)17)10-12-8-6-5-7-9-12/h10,12H,4-9,11H2,1-3H3/p+1. The Morgan fingerprint density at radius 1 is 1.35 bits per heavy atom. The number of aliphatic carboxylic acids is 1. The van der Waals surface area contributed by atoms with Crippen LogP contribution in [0.3, 0.4) is 0 Å². The van der Waals surface area contributed by atoms with Gasteiger partial charge in [0.2, 0.25) is 0 Å². The second kappa shape index (κ2) is 7.90. The van der Waals surface area contributed by atoms with Crippen molar-refractivity contribution in [2.75, 3.05) is 12.8 Å². The smallest absolute Gasteiger partial charge is 0.377 e. The number of rotatable bonds is 7. The van der Waals surface area contributed by atoms with E-state index in [1.54, 1.807) is 13.8 Å². The molecule has 0 aromatic rings. The van der Waals surface area contributed by atoms with E-state index in [-0.39, 0.29) is 11.7 Å². The highest BCUT2D eigenvalue weighted by Gasteiger charge is 2.41. The molecule has 0 aromatic carbocycles. The van der Waals surface area contributed by atoms with Gasteiger partial charge >= 0.3 is 13.8 Å². The molecule has 0 aliphatic heterocycles. The Labute approximate surface area is 122 Å². The molecule has 114 valence electrons. The van der Waals surface area contributed by atoms with E-state index in [4.69, 9.17) is 4.74 Å². The Morgan fingerprint density at radius 3 is 2.45 bits per heavy atom. The molecule has 0 radical (unpaired) electrons. The molecule has 5 heteroatoms. The summed E-state index contributed by atoms with van der Waals surface area (Å²) in [6.45, 7) is 5.84. The zero-order valence-electron chi connectivity index (χ0n) is 12.7. The van der Waals surface area contributed by atoms with Crippen LogP contribution in [0.4, 0.5) is 0 Å². The average molecular weight is 301 g/mol. The average Bonchev–Trinajstić information content (AvgIpc) is 2.38. The number of ether oxygens (including phenoxy) is 1. The molecule has 1 aliphatic rings. The van der Waals surface area contributed by atoms with E-state index >= 15 is 0 Å². The van der Waals surface area contributed by atoms with Crippen molar-refractivity contribution in [2.24, 2.45) is 5.92 Å². The predicted octanol–water partition coefficient (Wildman–Crippen LogP) is 4.18. The molecule has 20 heavy (non-hydrogen) atoms. The third kappa shape index (κ3) is 5.34. The third-order valence-corrected chi connectivity index (χ3v) is 5.73. The Hall–Kier alpha value is -0.730. The fourth-order valence-electron chi connectivity index (χ4n) is 2.55. The van der Waals surface area contributed by atoms with E-state index in [1.807, 2.05) is 13.0 Å². The highest BCUT2D eigenvalue weighted by atomic mass is 31.1. The minimum Gasteiger partial charge on any atom is -0.478 e. The summed E-state index contributed by atoms with van der Waals surface area (Å²) in [4.78, 5) is 11.4. The molecule has 0 bridgehead atoms. The molecule has 0 aromatic heterocycles. The molecule has 1 fully saturated rings. The van der Waals surface area contributed by atoms with Crippen molar-refractivity contribution in [1.29, 1.82) is 0 Å². The lowest BCUT2D eigenvalue weighted by Gasteiger charge is -2.19. The first-order chi connectivity index (χ1) is 9.36. The summed E-state index contributed by atoms with van der Waals surface area (Å²) in [6, 6.07) is 0. The molecule has 1 N–H and O–H groups in total. The van der Waals surface area contributed by atoms with Gasteiger partial charge in [0, 0.05) is 20.5 Å². The number of carboxylic acids is 1. The molecule has 1 rings (SSSR count). The first-order valence-electron chi connectivity index (χ1n) is 7.39. The maximum Gasteiger partial charge on any atom is 0.377 e. The molecule has 4 nitrogen and oxygen atoms in total. The van der Waals surface area contributed by atoms with Gasteiger partial charge in [-0.05, 0) is 25.7 Å².